The summed E-state index contributed by atoms with van der Waals surface area (Å²) in [6, 6.07) is 8.28. The third-order valence-corrected chi connectivity index (χ3v) is 4.55. The molecule has 2 aromatic rings. The maximum atomic E-state index is 9.66. The summed E-state index contributed by atoms with van der Waals surface area (Å²) in [6.07, 6.45) is 4.84. The van der Waals surface area contributed by atoms with Crippen LogP contribution in [-0.4, -0.2) is 38.9 Å². The first-order valence-corrected chi connectivity index (χ1v) is 8.21. The molecule has 22 heavy (non-hydrogen) atoms. The molecule has 0 aliphatic carbocycles. The summed E-state index contributed by atoms with van der Waals surface area (Å²) in [5.41, 5.74) is 3.27. The van der Waals surface area contributed by atoms with Crippen molar-refractivity contribution in [2.24, 2.45) is 0 Å². The van der Waals surface area contributed by atoms with Crippen molar-refractivity contribution in [3.63, 3.8) is 0 Å². The predicted molar refractivity (Wildman–Crippen MR) is 88.8 cm³/mol. The summed E-state index contributed by atoms with van der Waals surface area (Å²) in [4.78, 5) is 2.45. The Morgan fingerprint density at radius 2 is 2.36 bits per heavy atom. The maximum Gasteiger partial charge on any atom is 0.0695 e. The molecule has 0 amide bonds. The van der Waals surface area contributed by atoms with E-state index in [1.165, 1.54) is 12.0 Å². The lowest BCUT2D eigenvalue weighted by Gasteiger charge is -2.25. The number of hydrogen-bond acceptors (Lipinski definition) is 3. The molecular weight excluding hydrogens is 298 g/mol. The smallest absolute Gasteiger partial charge is 0.0695 e. The second-order valence-corrected chi connectivity index (χ2v) is 6.57. The van der Waals surface area contributed by atoms with Crippen LogP contribution >= 0.6 is 11.6 Å². The van der Waals surface area contributed by atoms with Crippen LogP contribution in [0.1, 0.15) is 31.7 Å². The fraction of sp³-hybridized carbons (Fsp3) is 0.471. The number of aromatic amines is 1. The summed E-state index contributed by atoms with van der Waals surface area (Å²) in [7, 11) is 0. The van der Waals surface area contributed by atoms with E-state index in [0.717, 1.165) is 42.2 Å². The Kier molecular flexibility index (Phi) is 4.81. The van der Waals surface area contributed by atoms with Gasteiger partial charge in [-0.15, -0.1) is 0 Å². The molecule has 5 heteroatoms. The van der Waals surface area contributed by atoms with E-state index in [4.69, 9.17) is 11.6 Å². The Morgan fingerprint density at radius 3 is 3.14 bits per heavy atom. The van der Waals surface area contributed by atoms with Gasteiger partial charge in [0.2, 0.25) is 0 Å². The molecular formula is C17H22ClN3O. The Balaban J connectivity index is 1.78. The molecule has 1 aliphatic heterocycles. The summed E-state index contributed by atoms with van der Waals surface area (Å²) >= 11 is 6.09. The van der Waals surface area contributed by atoms with Gasteiger partial charge in [0.15, 0.2) is 0 Å². The van der Waals surface area contributed by atoms with Crippen molar-refractivity contribution in [2.45, 2.75) is 44.9 Å². The number of halogens is 1. The minimum atomic E-state index is -0.248. The number of aliphatic hydroxyl groups is 1. The second-order valence-electron chi connectivity index (χ2n) is 6.13. The zero-order valence-electron chi connectivity index (χ0n) is 12.8. The van der Waals surface area contributed by atoms with E-state index in [1.54, 1.807) is 0 Å². The van der Waals surface area contributed by atoms with Gasteiger partial charge in [-0.25, -0.2) is 0 Å². The third-order valence-electron chi connectivity index (χ3n) is 4.32. The number of rotatable bonds is 5. The highest BCUT2D eigenvalue weighted by Crippen LogP contribution is 2.28. The summed E-state index contributed by atoms with van der Waals surface area (Å²) in [6.45, 7) is 3.80. The van der Waals surface area contributed by atoms with Gasteiger partial charge in [-0.3, -0.25) is 10.00 Å². The Bertz CT molecular complexity index is 626. The largest absolute Gasteiger partial charge is 0.393 e. The van der Waals surface area contributed by atoms with Crippen LogP contribution < -0.4 is 0 Å². The number of hydrogen-bond donors (Lipinski definition) is 2. The highest BCUT2D eigenvalue weighted by atomic mass is 35.5. The number of likely N-dealkylation sites (tertiary alicyclic amines) is 1. The summed E-state index contributed by atoms with van der Waals surface area (Å²) in [5, 5.41) is 17.7. The van der Waals surface area contributed by atoms with E-state index in [9.17, 15) is 5.11 Å². The number of nitrogens with zero attached hydrogens (tertiary/aromatic N) is 2. The Labute approximate surface area is 136 Å². The minimum absolute atomic E-state index is 0.248. The summed E-state index contributed by atoms with van der Waals surface area (Å²) in [5.74, 6) is 0. The van der Waals surface area contributed by atoms with Gasteiger partial charge in [0.05, 0.1) is 18.0 Å². The molecule has 2 heterocycles. The van der Waals surface area contributed by atoms with Crippen molar-refractivity contribution in [2.75, 3.05) is 6.54 Å². The van der Waals surface area contributed by atoms with Crippen molar-refractivity contribution in [3.8, 4) is 11.3 Å². The normalized spacial score (nSPS) is 20.4. The molecule has 2 atom stereocenters. The van der Waals surface area contributed by atoms with Gasteiger partial charge in [-0.2, -0.15) is 5.10 Å². The van der Waals surface area contributed by atoms with Gasteiger partial charge in [-0.05, 0) is 44.9 Å². The van der Waals surface area contributed by atoms with Crippen LogP contribution in [0.5, 0.6) is 0 Å². The molecule has 2 N–H and O–H groups in total. The first kappa shape index (κ1) is 15.5. The van der Waals surface area contributed by atoms with E-state index in [-0.39, 0.29) is 6.10 Å². The molecule has 118 valence electrons. The van der Waals surface area contributed by atoms with Crippen LogP contribution in [0.2, 0.25) is 5.02 Å². The lowest BCUT2D eigenvalue weighted by Crippen LogP contribution is -2.31. The van der Waals surface area contributed by atoms with E-state index in [0.29, 0.717) is 6.04 Å². The van der Waals surface area contributed by atoms with Crippen LogP contribution in [-0.2, 0) is 6.54 Å². The number of benzene rings is 1. The average molecular weight is 320 g/mol. The van der Waals surface area contributed by atoms with Crippen LogP contribution in [0.4, 0.5) is 0 Å². The van der Waals surface area contributed by atoms with Crippen LogP contribution in [0.15, 0.2) is 30.5 Å². The number of nitrogens with one attached hydrogen (secondary N) is 1. The lowest BCUT2D eigenvalue weighted by molar-refractivity contribution is 0.131. The van der Waals surface area contributed by atoms with Crippen molar-refractivity contribution in [1.82, 2.24) is 15.1 Å². The molecule has 4 nitrogen and oxygen atoms in total. The van der Waals surface area contributed by atoms with Gasteiger partial charge in [0.25, 0.3) is 0 Å². The topological polar surface area (TPSA) is 52.1 Å². The number of aromatic nitrogens is 2. The molecule has 1 saturated heterocycles. The molecule has 0 radical (unpaired) electrons. The minimum Gasteiger partial charge on any atom is -0.393 e. The molecule has 1 aromatic heterocycles. The van der Waals surface area contributed by atoms with Gasteiger partial charge in [0, 0.05) is 28.7 Å². The maximum absolute atomic E-state index is 9.66. The quantitative estimate of drug-likeness (QED) is 0.887. The molecule has 0 bridgehead atoms. The standard InChI is InChI=1S/C17H22ClN3O/c1-12(22)8-16-6-3-7-21(16)11-14-10-19-20-17(14)13-4-2-5-15(18)9-13/h2,4-5,9-10,12,16,22H,3,6-8,11H2,1H3,(H,19,20). The lowest BCUT2D eigenvalue weighted by atomic mass is 10.1. The van der Waals surface area contributed by atoms with Crippen LogP contribution in [0.25, 0.3) is 11.3 Å². The fourth-order valence-corrected chi connectivity index (χ4v) is 3.50. The molecule has 2 unspecified atom stereocenters. The van der Waals surface area contributed by atoms with Crippen LogP contribution in [0, 0.1) is 0 Å². The van der Waals surface area contributed by atoms with Crippen LogP contribution in [0.3, 0.4) is 0 Å². The fourth-order valence-electron chi connectivity index (χ4n) is 3.31. The predicted octanol–water partition coefficient (Wildman–Crippen LogP) is 3.47. The van der Waals surface area contributed by atoms with E-state index in [1.807, 2.05) is 37.4 Å². The second kappa shape index (κ2) is 6.82. The molecule has 0 saturated carbocycles. The Morgan fingerprint density at radius 1 is 1.50 bits per heavy atom. The SMILES string of the molecule is CC(O)CC1CCCN1Cc1cn[nH]c1-c1cccc(Cl)c1. The molecule has 1 fully saturated rings. The van der Waals surface area contributed by atoms with Gasteiger partial charge < -0.3 is 5.11 Å². The zero-order valence-corrected chi connectivity index (χ0v) is 13.6. The monoisotopic (exact) mass is 319 g/mol. The van der Waals surface area contributed by atoms with Gasteiger partial charge in [-0.1, -0.05) is 23.7 Å². The molecule has 0 spiro atoms. The van der Waals surface area contributed by atoms with Crippen molar-refractivity contribution in [3.05, 3.63) is 41.0 Å². The van der Waals surface area contributed by atoms with Crippen molar-refractivity contribution >= 4 is 11.6 Å². The van der Waals surface area contributed by atoms with Crippen molar-refractivity contribution < 1.29 is 5.11 Å². The Hall–Kier alpha value is -1.36. The van der Waals surface area contributed by atoms with Gasteiger partial charge >= 0.3 is 0 Å². The highest BCUT2D eigenvalue weighted by molar-refractivity contribution is 6.30. The van der Waals surface area contributed by atoms with E-state index < -0.39 is 0 Å². The summed E-state index contributed by atoms with van der Waals surface area (Å²) < 4.78 is 0. The average Bonchev–Trinajstić information content (AvgIpc) is 3.09. The zero-order chi connectivity index (χ0) is 15.5. The number of aliphatic hydroxyl groups excluding tert-OH is 1. The van der Waals surface area contributed by atoms with E-state index in [2.05, 4.69) is 15.1 Å². The highest BCUT2D eigenvalue weighted by Gasteiger charge is 2.26. The van der Waals surface area contributed by atoms with Gasteiger partial charge in [0.1, 0.15) is 0 Å². The first-order valence-electron chi connectivity index (χ1n) is 7.84. The molecule has 1 aliphatic rings. The first-order chi connectivity index (χ1) is 10.6. The third kappa shape index (κ3) is 3.51. The molecule has 1 aromatic carbocycles. The van der Waals surface area contributed by atoms with Crippen molar-refractivity contribution in [1.29, 1.82) is 0 Å². The number of H-pyrrole nitrogens is 1. The van der Waals surface area contributed by atoms with E-state index >= 15 is 0 Å². The molecule has 3 rings (SSSR count).